The molecule has 0 aliphatic rings. The summed E-state index contributed by atoms with van der Waals surface area (Å²) in [6.45, 7) is 2.14. The summed E-state index contributed by atoms with van der Waals surface area (Å²) in [4.78, 5) is 9.50. The maximum absolute atomic E-state index is 6.89. The molecule has 0 saturated carbocycles. The normalized spacial score (nSPS) is 11.8. The molecule has 0 amide bonds. The maximum Gasteiger partial charge on any atom is 0.159 e. The molecule has 0 saturated heterocycles. The lowest BCUT2D eigenvalue weighted by Crippen LogP contribution is -2.10. The van der Waals surface area contributed by atoms with Crippen LogP contribution in [0.25, 0.3) is 150 Å². The minimum atomic E-state index is 0.747. The molecular formula is C114H74N4O2S2. The van der Waals surface area contributed by atoms with E-state index in [-0.39, 0.29) is 0 Å². The molecule has 24 aromatic rings. The number of para-hydroxylation sites is 5. The van der Waals surface area contributed by atoms with Gasteiger partial charge in [0.05, 0.1) is 11.4 Å². The topological polar surface area (TPSA) is 39.2 Å². The Labute approximate surface area is 712 Å². The van der Waals surface area contributed by atoms with Gasteiger partial charge in [-0.2, -0.15) is 0 Å². The highest BCUT2D eigenvalue weighted by molar-refractivity contribution is 7.26. The summed E-state index contributed by atoms with van der Waals surface area (Å²) in [7, 11) is 0. The van der Waals surface area contributed by atoms with Crippen molar-refractivity contribution in [1.29, 1.82) is 0 Å². The van der Waals surface area contributed by atoms with Crippen molar-refractivity contribution < 1.29 is 8.83 Å². The Morgan fingerprint density at radius 3 is 0.877 bits per heavy atom. The third kappa shape index (κ3) is 12.1. The Balaban J connectivity index is 0.561. The predicted molar refractivity (Wildman–Crippen MR) is 520 cm³/mol. The summed E-state index contributed by atoms with van der Waals surface area (Å²) in [5.74, 6) is 0. The molecule has 0 radical (unpaired) electrons. The molecule has 8 heteroatoms. The maximum atomic E-state index is 6.89. The smallest absolute Gasteiger partial charge is 0.159 e. The van der Waals surface area contributed by atoms with E-state index in [4.69, 9.17) is 8.83 Å². The Bertz CT molecular complexity index is 8220. The quantitative estimate of drug-likeness (QED) is 0.0960. The van der Waals surface area contributed by atoms with Crippen LogP contribution in [-0.4, -0.2) is 0 Å². The number of benzene rings is 20. The first kappa shape index (κ1) is 70.8. The van der Waals surface area contributed by atoms with Crippen molar-refractivity contribution in [2.75, 3.05) is 19.6 Å². The van der Waals surface area contributed by atoms with E-state index < -0.39 is 0 Å². The first-order valence-electron chi connectivity index (χ1n) is 41.6. The van der Waals surface area contributed by atoms with Gasteiger partial charge in [0.15, 0.2) is 11.2 Å². The Morgan fingerprint density at radius 2 is 0.500 bits per heavy atom. The second-order valence-electron chi connectivity index (χ2n) is 31.9. The van der Waals surface area contributed by atoms with Gasteiger partial charge >= 0.3 is 0 Å². The summed E-state index contributed by atoms with van der Waals surface area (Å²) >= 11 is 3.73. The Hall–Kier alpha value is -15.3. The van der Waals surface area contributed by atoms with Crippen molar-refractivity contribution in [3.05, 3.63) is 435 Å². The van der Waals surface area contributed by atoms with Crippen molar-refractivity contribution in [2.45, 2.75) is 13.3 Å². The number of anilines is 12. The van der Waals surface area contributed by atoms with Crippen molar-refractivity contribution in [1.82, 2.24) is 0 Å². The van der Waals surface area contributed by atoms with Gasteiger partial charge in [0.2, 0.25) is 0 Å². The third-order valence-corrected chi connectivity index (χ3v) is 26.9. The molecule has 6 nitrogen and oxygen atoms in total. The second-order valence-corrected chi connectivity index (χ2v) is 34.1. The minimum absolute atomic E-state index is 0.747. The highest BCUT2D eigenvalue weighted by Crippen LogP contribution is 2.51. The van der Waals surface area contributed by atoms with Crippen LogP contribution < -0.4 is 19.6 Å². The number of furan rings is 2. The van der Waals surface area contributed by atoms with E-state index in [1.807, 2.05) is 28.7 Å². The van der Waals surface area contributed by atoms with E-state index in [9.17, 15) is 0 Å². The fourth-order valence-electron chi connectivity index (χ4n) is 18.8. The molecule has 0 unspecified atom stereocenters. The van der Waals surface area contributed by atoms with E-state index in [0.29, 0.717) is 0 Å². The summed E-state index contributed by atoms with van der Waals surface area (Å²) < 4.78 is 18.7. The monoisotopic (exact) mass is 1590 g/mol. The van der Waals surface area contributed by atoms with Gasteiger partial charge in [-0.15, -0.1) is 22.7 Å². The summed E-state index contributed by atoms with van der Waals surface area (Å²) in [5, 5.41) is 19.1. The highest BCUT2D eigenvalue weighted by Gasteiger charge is 2.26. The molecule has 0 fully saturated rings. The van der Waals surface area contributed by atoms with Crippen LogP contribution in [0.1, 0.15) is 16.7 Å². The third-order valence-electron chi connectivity index (χ3n) is 24.7. The van der Waals surface area contributed by atoms with Crippen LogP contribution in [0, 0.1) is 6.92 Å². The van der Waals surface area contributed by atoms with Crippen LogP contribution in [0.15, 0.2) is 427 Å². The molecule has 0 aliphatic heterocycles. The van der Waals surface area contributed by atoms with Gasteiger partial charge in [-0.3, -0.25) is 0 Å². The lowest BCUT2D eigenvalue weighted by molar-refractivity contribution is 0.668. The van der Waals surface area contributed by atoms with Gasteiger partial charge in [-0.25, -0.2) is 0 Å². The molecule has 574 valence electrons. The number of aryl methyl sites for hydroxylation is 1. The van der Waals surface area contributed by atoms with Gasteiger partial charge in [0.25, 0.3) is 0 Å². The fourth-order valence-corrected chi connectivity index (χ4v) is 21.1. The van der Waals surface area contributed by atoms with Crippen LogP contribution in [0.5, 0.6) is 0 Å². The average Bonchev–Trinajstić information content (AvgIpc) is 1.72. The molecule has 4 heterocycles. The number of thiophene rings is 2. The first-order chi connectivity index (χ1) is 60.3. The fraction of sp³-hybridized carbons (Fsp3) is 0.0175. The van der Waals surface area contributed by atoms with E-state index in [1.165, 1.54) is 117 Å². The lowest BCUT2D eigenvalue weighted by Gasteiger charge is -2.27. The Morgan fingerprint density at radius 1 is 0.213 bits per heavy atom. The van der Waals surface area contributed by atoms with E-state index in [0.717, 1.165) is 124 Å². The highest BCUT2D eigenvalue weighted by atomic mass is 32.1. The van der Waals surface area contributed by atoms with Gasteiger partial charge in [-0.05, 0) is 260 Å². The van der Waals surface area contributed by atoms with Crippen LogP contribution in [0.3, 0.4) is 0 Å². The number of rotatable bonds is 16. The molecule has 20 aromatic carbocycles. The van der Waals surface area contributed by atoms with E-state index in [1.54, 1.807) is 0 Å². The van der Waals surface area contributed by atoms with Crippen LogP contribution in [0.4, 0.5) is 68.2 Å². The number of nitrogens with zero attached hydrogens (tertiary/aromatic N) is 4. The number of hydrogen-bond donors (Lipinski definition) is 0. The van der Waals surface area contributed by atoms with Crippen molar-refractivity contribution in [3.63, 3.8) is 0 Å². The molecule has 4 aromatic heterocycles. The SMILES string of the molecule is Cc1ccc(N(c2ccc3c(ccc4sc5ccc6cc(N(c7ccc(Cc8ccc(N(c9ccc(-c%10ccccc%10)cc9)c9ccc%10c(ccc%11sc%12ccc%13cc(N(c%14ccccc%14)c%14ccc(-c%15ccccc%15)cc%14)ccc%13c%12c%11%10)c9)cc8)cc7)c7cccc8c7oc7ccccc78)ccc6c5c43)c2)c2cccc3c2oc2ccccc23)cc1. The zero-order valence-electron chi connectivity index (χ0n) is 66.5. The van der Waals surface area contributed by atoms with Crippen molar-refractivity contribution in [2.24, 2.45) is 0 Å². The minimum Gasteiger partial charge on any atom is -0.454 e. The van der Waals surface area contributed by atoms with Gasteiger partial charge in [0.1, 0.15) is 11.2 Å². The molecule has 0 aliphatic carbocycles. The largest absolute Gasteiger partial charge is 0.454 e. The molecule has 0 N–H and O–H groups in total. The standard InChI is InChI=1S/C114H74N4O2S2/c1-72-31-45-87(46-32-72)117(101-27-15-25-99-97-23-11-13-29-103(97)119-113(99)101)91-57-61-95-81(70-91)43-65-107-111(95)112-96-62-58-92(71-82(96)44-66-108(112)122-107)118(102-28-16-26-100-98-24-12-14-30-104(98)120-114(100)102)88-49-35-74(36-50-88)67-73-33-47-84(48-34-73)116(86-53-39-78(40-54-86)76-19-7-3-8-20-76)90-56-60-94-80(69-90)42-64-106-110(94)109-93-59-55-89(68-79(93)41-63-105(109)121-106)115(83-21-9-4-10-22-83)85-51-37-77(38-52-85)75-17-5-2-6-18-75/h2-66,68-71H,67H2,1H3. The van der Waals surface area contributed by atoms with E-state index in [2.05, 4.69) is 439 Å². The van der Waals surface area contributed by atoms with Crippen molar-refractivity contribution in [3.8, 4) is 22.3 Å². The zero-order chi connectivity index (χ0) is 80.5. The average molecular weight is 1600 g/mol. The first-order valence-corrected chi connectivity index (χ1v) is 43.2. The van der Waals surface area contributed by atoms with E-state index >= 15 is 0 Å². The van der Waals surface area contributed by atoms with Crippen LogP contribution in [-0.2, 0) is 6.42 Å². The summed E-state index contributed by atoms with van der Waals surface area (Å²) in [6, 6.07) is 153. The Kier molecular flexibility index (Phi) is 16.9. The summed E-state index contributed by atoms with van der Waals surface area (Å²) in [5.41, 5.74) is 24.5. The number of fused-ring (bicyclic) bond motifs is 20. The van der Waals surface area contributed by atoms with Gasteiger partial charge in [0, 0.05) is 119 Å². The molecule has 0 bridgehead atoms. The molecule has 24 rings (SSSR count). The van der Waals surface area contributed by atoms with Crippen LogP contribution >= 0.6 is 22.7 Å². The molecule has 122 heavy (non-hydrogen) atoms. The molecule has 0 spiro atoms. The summed E-state index contributed by atoms with van der Waals surface area (Å²) in [6.07, 6.45) is 0.747. The van der Waals surface area contributed by atoms with Crippen LogP contribution in [0.2, 0.25) is 0 Å². The number of hydrogen-bond acceptors (Lipinski definition) is 8. The molecule has 0 atom stereocenters. The molecular weight excluding hydrogens is 1520 g/mol. The predicted octanol–water partition coefficient (Wildman–Crippen LogP) is 33.9. The van der Waals surface area contributed by atoms with Gasteiger partial charge < -0.3 is 28.4 Å². The van der Waals surface area contributed by atoms with Crippen molar-refractivity contribution >= 4 is 218 Å². The lowest BCUT2D eigenvalue weighted by atomic mass is 9.98. The van der Waals surface area contributed by atoms with Gasteiger partial charge in [-0.1, -0.05) is 254 Å². The zero-order valence-corrected chi connectivity index (χ0v) is 68.1. The second kappa shape index (κ2) is 29.0.